The minimum absolute atomic E-state index is 0.108. The number of aromatic nitrogens is 2. The van der Waals surface area contributed by atoms with E-state index in [2.05, 4.69) is 8.75 Å². The van der Waals surface area contributed by atoms with Gasteiger partial charge in [0.15, 0.2) is 11.5 Å². The molecule has 2 aliphatic heterocycles. The van der Waals surface area contributed by atoms with Crippen molar-refractivity contribution in [3.05, 3.63) is 125 Å². The SMILES string of the molecule is O=C1OC(O)(c2ccc3c(c2)OCO3)C(Cc2ccccc2)=C1c1ccc2nsnc2c1.O=Cc1ccccc1. The van der Waals surface area contributed by atoms with E-state index in [1.807, 2.05) is 54.6 Å². The second-order valence-electron chi connectivity index (χ2n) is 9.11. The average Bonchev–Trinajstić information content (AvgIpc) is 3.72. The van der Waals surface area contributed by atoms with E-state index in [1.165, 1.54) is 0 Å². The highest BCUT2D eigenvalue weighted by Gasteiger charge is 2.48. The van der Waals surface area contributed by atoms with Crippen molar-refractivity contribution in [2.24, 2.45) is 0 Å². The molecule has 0 spiro atoms. The van der Waals surface area contributed by atoms with Crippen LogP contribution in [-0.4, -0.2) is 32.9 Å². The molecule has 8 nitrogen and oxygen atoms in total. The predicted octanol–water partition coefficient (Wildman–Crippen LogP) is 5.32. The Labute approximate surface area is 233 Å². The molecule has 0 bridgehead atoms. The second kappa shape index (κ2) is 10.7. The fourth-order valence-electron chi connectivity index (χ4n) is 4.65. The van der Waals surface area contributed by atoms with Crippen LogP contribution in [0.5, 0.6) is 11.5 Å². The first-order valence-electron chi connectivity index (χ1n) is 12.4. The Hall–Kier alpha value is -4.86. The Balaban J connectivity index is 0.000000313. The largest absolute Gasteiger partial charge is 0.454 e. The van der Waals surface area contributed by atoms with Gasteiger partial charge in [-0.2, -0.15) is 8.75 Å². The minimum atomic E-state index is -1.95. The maximum Gasteiger partial charge on any atom is 0.342 e. The molecule has 7 rings (SSSR count). The minimum Gasteiger partial charge on any atom is -0.454 e. The van der Waals surface area contributed by atoms with Crippen LogP contribution >= 0.6 is 11.7 Å². The Morgan fingerprint density at radius 3 is 2.33 bits per heavy atom. The van der Waals surface area contributed by atoms with E-state index in [0.717, 1.165) is 34.7 Å². The number of esters is 1. The van der Waals surface area contributed by atoms with Crippen LogP contribution in [0.3, 0.4) is 0 Å². The number of fused-ring (bicyclic) bond motifs is 2. The number of aldehydes is 1. The summed E-state index contributed by atoms with van der Waals surface area (Å²) in [5.74, 6) is -1.47. The average molecular weight is 551 g/mol. The summed E-state index contributed by atoms with van der Waals surface area (Å²) in [6.45, 7) is 0.108. The van der Waals surface area contributed by atoms with E-state index in [-0.39, 0.29) is 6.79 Å². The van der Waals surface area contributed by atoms with Crippen molar-refractivity contribution in [2.45, 2.75) is 12.2 Å². The highest BCUT2D eigenvalue weighted by molar-refractivity contribution is 7.00. The number of rotatable bonds is 5. The molecule has 1 aromatic heterocycles. The molecule has 9 heteroatoms. The number of aliphatic hydroxyl groups is 1. The van der Waals surface area contributed by atoms with Crippen molar-refractivity contribution >= 4 is 40.6 Å². The monoisotopic (exact) mass is 550 g/mol. The van der Waals surface area contributed by atoms with Gasteiger partial charge in [0.1, 0.15) is 17.3 Å². The van der Waals surface area contributed by atoms with Crippen LogP contribution in [-0.2, 0) is 21.7 Å². The molecule has 0 saturated carbocycles. The van der Waals surface area contributed by atoms with Crippen LogP contribution in [0.4, 0.5) is 0 Å². The lowest BCUT2D eigenvalue weighted by Crippen LogP contribution is -2.29. The lowest BCUT2D eigenvalue weighted by atomic mass is 9.88. The van der Waals surface area contributed by atoms with Crippen LogP contribution in [0, 0.1) is 0 Å². The van der Waals surface area contributed by atoms with Crippen molar-refractivity contribution in [3.8, 4) is 11.5 Å². The molecule has 5 aromatic rings. The molecule has 0 radical (unpaired) electrons. The number of hydrogen-bond donors (Lipinski definition) is 1. The first-order valence-corrected chi connectivity index (χ1v) is 13.1. The van der Waals surface area contributed by atoms with E-state index >= 15 is 0 Å². The smallest absolute Gasteiger partial charge is 0.342 e. The van der Waals surface area contributed by atoms with Gasteiger partial charge in [0.2, 0.25) is 6.79 Å². The summed E-state index contributed by atoms with van der Waals surface area (Å²) in [7, 11) is 0. The maximum absolute atomic E-state index is 13.1. The molecule has 0 amide bonds. The third-order valence-corrected chi connectivity index (χ3v) is 7.18. The number of hydrogen-bond acceptors (Lipinski definition) is 9. The molecule has 0 fully saturated rings. The molecule has 1 N–H and O–H groups in total. The van der Waals surface area contributed by atoms with E-state index in [9.17, 15) is 14.7 Å². The second-order valence-corrected chi connectivity index (χ2v) is 9.64. The summed E-state index contributed by atoms with van der Waals surface area (Å²) in [5.41, 5.74) is 4.90. The van der Waals surface area contributed by atoms with Gasteiger partial charge in [-0.15, -0.1) is 0 Å². The van der Waals surface area contributed by atoms with E-state index in [4.69, 9.17) is 14.2 Å². The third kappa shape index (κ3) is 4.84. The highest BCUT2D eigenvalue weighted by Crippen LogP contribution is 2.47. The molecule has 3 heterocycles. The Morgan fingerprint density at radius 2 is 1.57 bits per heavy atom. The molecule has 4 aromatic carbocycles. The molecule has 0 aliphatic carbocycles. The molecular weight excluding hydrogens is 528 g/mol. The molecule has 198 valence electrons. The molecule has 0 saturated heterocycles. The summed E-state index contributed by atoms with van der Waals surface area (Å²) in [6, 6.07) is 29.2. The maximum atomic E-state index is 13.1. The van der Waals surface area contributed by atoms with E-state index < -0.39 is 11.8 Å². The predicted molar refractivity (Wildman–Crippen MR) is 149 cm³/mol. The van der Waals surface area contributed by atoms with Gasteiger partial charge in [-0.05, 0) is 41.5 Å². The quantitative estimate of drug-likeness (QED) is 0.232. The zero-order valence-electron chi connectivity index (χ0n) is 21.0. The number of cyclic esters (lactones) is 1. The normalized spacial score (nSPS) is 17.4. The Kier molecular flexibility index (Phi) is 6.81. The number of benzene rings is 4. The molecule has 1 unspecified atom stereocenters. The number of carbonyl (C=O) groups is 2. The lowest BCUT2D eigenvalue weighted by molar-refractivity contribution is -0.185. The summed E-state index contributed by atoms with van der Waals surface area (Å²) in [5, 5.41) is 11.8. The van der Waals surface area contributed by atoms with Gasteiger partial charge in [0.25, 0.3) is 5.79 Å². The molecule has 40 heavy (non-hydrogen) atoms. The van der Waals surface area contributed by atoms with Gasteiger partial charge in [-0.25, -0.2) is 4.79 Å². The van der Waals surface area contributed by atoms with Crippen molar-refractivity contribution in [2.75, 3.05) is 6.79 Å². The number of carbonyl (C=O) groups excluding carboxylic acids is 2. The Bertz CT molecular complexity index is 1740. The summed E-state index contributed by atoms with van der Waals surface area (Å²) < 4.78 is 25.0. The highest BCUT2D eigenvalue weighted by atomic mass is 32.1. The van der Waals surface area contributed by atoms with Crippen LogP contribution < -0.4 is 9.47 Å². The third-order valence-electron chi connectivity index (χ3n) is 6.62. The summed E-state index contributed by atoms with van der Waals surface area (Å²) in [6.07, 6.45) is 1.15. The summed E-state index contributed by atoms with van der Waals surface area (Å²) in [4.78, 5) is 23.1. The summed E-state index contributed by atoms with van der Waals surface area (Å²) >= 11 is 1.11. The van der Waals surface area contributed by atoms with Crippen molar-refractivity contribution in [3.63, 3.8) is 0 Å². The molecular formula is C31H22N2O6S. The zero-order chi connectivity index (χ0) is 27.5. The number of nitrogens with zero attached hydrogens (tertiary/aromatic N) is 2. The van der Waals surface area contributed by atoms with Gasteiger partial charge < -0.3 is 19.3 Å². The number of ether oxygens (including phenoxy) is 3. The Morgan fingerprint density at radius 1 is 0.850 bits per heavy atom. The standard InChI is InChI=1S/C24H16N2O5S.C7H6O/c27-23-22(15-6-8-18-19(11-15)26-32-25-18)17(10-14-4-2-1-3-5-14)24(28,31-23)16-7-9-20-21(12-16)30-13-29-20;8-6-7-4-2-1-3-5-7/h1-9,11-12,28H,10,13H2;1-6H. The van der Waals surface area contributed by atoms with Gasteiger partial charge >= 0.3 is 5.97 Å². The van der Waals surface area contributed by atoms with Crippen molar-refractivity contribution in [1.29, 1.82) is 0 Å². The first kappa shape index (κ1) is 25.4. The lowest BCUT2D eigenvalue weighted by Gasteiger charge is -2.26. The topological polar surface area (TPSA) is 108 Å². The van der Waals surface area contributed by atoms with Crippen LogP contribution in [0.15, 0.2) is 103 Å². The van der Waals surface area contributed by atoms with Gasteiger partial charge in [0, 0.05) is 23.1 Å². The van der Waals surface area contributed by atoms with Crippen LogP contribution in [0.2, 0.25) is 0 Å². The fraction of sp³-hybridized carbons (Fsp3) is 0.0968. The van der Waals surface area contributed by atoms with Gasteiger partial charge in [-0.3, -0.25) is 4.79 Å². The van der Waals surface area contributed by atoms with Crippen molar-refractivity contribution < 1.29 is 28.9 Å². The van der Waals surface area contributed by atoms with E-state index in [0.29, 0.717) is 45.7 Å². The first-order chi connectivity index (χ1) is 19.5. The van der Waals surface area contributed by atoms with Crippen LogP contribution in [0.25, 0.3) is 16.6 Å². The fourth-order valence-corrected chi connectivity index (χ4v) is 5.17. The van der Waals surface area contributed by atoms with Gasteiger partial charge in [-0.1, -0.05) is 66.7 Å². The van der Waals surface area contributed by atoms with Crippen LogP contribution in [0.1, 0.15) is 27.0 Å². The molecule has 1 atom stereocenters. The van der Waals surface area contributed by atoms with Crippen molar-refractivity contribution in [1.82, 2.24) is 8.75 Å². The zero-order valence-corrected chi connectivity index (χ0v) is 21.8. The van der Waals surface area contributed by atoms with Gasteiger partial charge in [0.05, 0.1) is 17.3 Å². The molecule has 2 aliphatic rings. The van der Waals surface area contributed by atoms with E-state index in [1.54, 1.807) is 42.5 Å².